The number of hydrogen-bond acceptors (Lipinski definition) is 3. The summed E-state index contributed by atoms with van der Waals surface area (Å²) < 4.78 is 5.12. The highest BCUT2D eigenvalue weighted by Crippen LogP contribution is 2.17. The highest BCUT2D eigenvalue weighted by Gasteiger charge is 2.12. The maximum Gasteiger partial charge on any atom is 0.235 e. The zero-order valence-electron chi connectivity index (χ0n) is 4.87. The maximum absolute atomic E-state index is 5.12. The number of fused-ring (bicyclic) bond motifs is 1. The predicted octanol–water partition coefficient (Wildman–Crippen LogP) is 0.411. The summed E-state index contributed by atoms with van der Waals surface area (Å²) in [5.41, 5.74) is 0.984. The first kappa shape index (κ1) is 4.73. The lowest BCUT2D eigenvalue weighted by Gasteiger charge is -1.91. The van der Waals surface area contributed by atoms with Crippen molar-refractivity contribution in [2.45, 2.75) is 6.42 Å². The fraction of sp³-hybridized carbons (Fsp3) is 0.333. The Hall–Kier alpha value is -1.12. The fourth-order valence-electron chi connectivity index (χ4n) is 0.891. The minimum Gasteiger partial charge on any atom is -0.476 e. The quantitative estimate of drug-likeness (QED) is 0.500. The summed E-state index contributed by atoms with van der Waals surface area (Å²) >= 11 is 0. The van der Waals surface area contributed by atoms with Crippen molar-refractivity contribution in [3.63, 3.8) is 0 Å². The number of hydrogen-bond donors (Lipinski definition) is 0. The molecule has 0 aliphatic carbocycles. The van der Waals surface area contributed by atoms with Crippen LogP contribution in [0.3, 0.4) is 0 Å². The second-order valence-corrected chi connectivity index (χ2v) is 1.91. The van der Waals surface area contributed by atoms with Gasteiger partial charge in [0.2, 0.25) is 5.88 Å². The second-order valence-electron chi connectivity index (χ2n) is 1.91. The third-order valence-corrected chi connectivity index (χ3v) is 1.31. The van der Waals surface area contributed by atoms with Crippen LogP contribution in [0.5, 0.6) is 5.88 Å². The molecule has 0 unspecified atom stereocenters. The van der Waals surface area contributed by atoms with Crippen LogP contribution in [-0.2, 0) is 6.42 Å². The third kappa shape index (κ3) is 0.650. The Morgan fingerprint density at radius 1 is 1.33 bits per heavy atom. The normalized spacial score (nSPS) is 14.7. The SMILES string of the molecule is c1cnc2c(n1)CCO2. The summed E-state index contributed by atoms with van der Waals surface area (Å²) in [5.74, 6) is 0.706. The van der Waals surface area contributed by atoms with Crippen LogP contribution < -0.4 is 4.74 Å². The molecule has 1 aliphatic heterocycles. The minimum absolute atomic E-state index is 0.706. The summed E-state index contributed by atoms with van der Waals surface area (Å²) in [6.45, 7) is 0.735. The molecule has 46 valence electrons. The highest BCUT2D eigenvalue weighted by molar-refractivity contribution is 5.20. The maximum atomic E-state index is 5.12. The molecule has 0 N–H and O–H groups in total. The largest absolute Gasteiger partial charge is 0.476 e. The van der Waals surface area contributed by atoms with Crippen LogP contribution in [0.15, 0.2) is 12.4 Å². The van der Waals surface area contributed by atoms with Crippen LogP contribution in [-0.4, -0.2) is 16.6 Å². The van der Waals surface area contributed by atoms with E-state index in [1.165, 1.54) is 0 Å². The van der Waals surface area contributed by atoms with E-state index < -0.39 is 0 Å². The van der Waals surface area contributed by atoms with Gasteiger partial charge in [-0.3, -0.25) is 4.98 Å². The van der Waals surface area contributed by atoms with Crippen molar-refractivity contribution >= 4 is 0 Å². The number of rotatable bonds is 0. The zero-order valence-corrected chi connectivity index (χ0v) is 4.87. The summed E-state index contributed by atoms with van der Waals surface area (Å²) in [7, 11) is 0. The molecule has 9 heavy (non-hydrogen) atoms. The Kier molecular flexibility index (Phi) is 0.886. The van der Waals surface area contributed by atoms with E-state index in [4.69, 9.17) is 4.74 Å². The fourth-order valence-corrected chi connectivity index (χ4v) is 0.891. The number of aromatic nitrogens is 2. The van der Waals surface area contributed by atoms with E-state index in [1.54, 1.807) is 12.4 Å². The van der Waals surface area contributed by atoms with Crippen molar-refractivity contribution in [1.29, 1.82) is 0 Å². The van der Waals surface area contributed by atoms with Gasteiger partial charge in [0, 0.05) is 18.8 Å². The molecule has 0 spiro atoms. The molecule has 0 saturated carbocycles. The number of nitrogens with zero attached hydrogens (tertiary/aromatic N) is 2. The van der Waals surface area contributed by atoms with E-state index in [0.29, 0.717) is 5.88 Å². The highest BCUT2D eigenvalue weighted by atomic mass is 16.5. The first-order chi connectivity index (χ1) is 4.47. The standard InChI is InChI=1S/C6H6N2O/c1-4-9-6-5(1)7-2-3-8-6/h2-3H,1,4H2. The first-order valence-corrected chi connectivity index (χ1v) is 2.89. The topological polar surface area (TPSA) is 35.0 Å². The van der Waals surface area contributed by atoms with Crippen LogP contribution in [0.4, 0.5) is 0 Å². The molecule has 0 amide bonds. The van der Waals surface area contributed by atoms with E-state index in [-0.39, 0.29) is 0 Å². The monoisotopic (exact) mass is 122 g/mol. The van der Waals surface area contributed by atoms with Crippen LogP contribution in [0, 0.1) is 0 Å². The average molecular weight is 122 g/mol. The smallest absolute Gasteiger partial charge is 0.235 e. The molecule has 0 radical (unpaired) electrons. The summed E-state index contributed by atoms with van der Waals surface area (Å²) in [6.07, 6.45) is 4.24. The first-order valence-electron chi connectivity index (χ1n) is 2.89. The van der Waals surface area contributed by atoms with Crippen molar-refractivity contribution in [2.24, 2.45) is 0 Å². The Morgan fingerprint density at radius 2 is 2.22 bits per heavy atom. The lowest BCUT2D eigenvalue weighted by atomic mass is 10.4. The summed E-state index contributed by atoms with van der Waals surface area (Å²) in [5, 5.41) is 0. The predicted molar refractivity (Wildman–Crippen MR) is 31.2 cm³/mol. The van der Waals surface area contributed by atoms with Gasteiger partial charge in [0.15, 0.2) is 0 Å². The van der Waals surface area contributed by atoms with Gasteiger partial charge in [-0.15, -0.1) is 0 Å². The van der Waals surface area contributed by atoms with Gasteiger partial charge in [-0.1, -0.05) is 0 Å². The van der Waals surface area contributed by atoms with Gasteiger partial charge in [-0.25, -0.2) is 4.98 Å². The lowest BCUT2D eigenvalue weighted by molar-refractivity contribution is 0.344. The summed E-state index contributed by atoms with van der Waals surface area (Å²) in [6, 6.07) is 0. The third-order valence-electron chi connectivity index (χ3n) is 1.31. The molecular weight excluding hydrogens is 116 g/mol. The molecule has 2 heterocycles. The molecule has 0 bridgehead atoms. The van der Waals surface area contributed by atoms with Gasteiger partial charge in [-0.05, 0) is 0 Å². The van der Waals surface area contributed by atoms with Crippen LogP contribution in [0.1, 0.15) is 5.69 Å². The van der Waals surface area contributed by atoms with Crippen molar-refractivity contribution in [2.75, 3.05) is 6.61 Å². The van der Waals surface area contributed by atoms with Crippen LogP contribution in [0.25, 0.3) is 0 Å². The molecule has 1 aromatic rings. The molecule has 3 heteroatoms. The van der Waals surface area contributed by atoms with Crippen molar-refractivity contribution < 1.29 is 4.74 Å². The Labute approximate surface area is 52.7 Å². The molecule has 0 fully saturated rings. The van der Waals surface area contributed by atoms with E-state index in [1.807, 2.05) is 0 Å². The molecule has 3 nitrogen and oxygen atoms in total. The van der Waals surface area contributed by atoms with Gasteiger partial charge < -0.3 is 4.74 Å². The van der Waals surface area contributed by atoms with E-state index >= 15 is 0 Å². The molecule has 1 aromatic heterocycles. The zero-order chi connectivity index (χ0) is 6.10. The number of ether oxygens (including phenoxy) is 1. The van der Waals surface area contributed by atoms with Crippen molar-refractivity contribution in [1.82, 2.24) is 9.97 Å². The van der Waals surface area contributed by atoms with Gasteiger partial charge >= 0.3 is 0 Å². The van der Waals surface area contributed by atoms with E-state index in [0.717, 1.165) is 18.7 Å². The van der Waals surface area contributed by atoms with Crippen LogP contribution >= 0.6 is 0 Å². The van der Waals surface area contributed by atoms with E-state index in [9.17, 15) is 0 Å². The van der Waals surface area contributed by atoms with Gasteiger partial charge in [-0.2, -0.15) is 0 Å². The van der Waals surface area contributed by atoms with E-state index in [2.05, 4.69) is 9.97 Å². The Balaban J connectivity index is 2.54. The lowest BCUT2D eigenvalue weighted by Crippen LogP contribution is -1.87. The van der Waals surface area contributed by atoms with Crippen molar-refractivity contribution in [3.8, 4) is 5.88 Å². The molecule has 2 rings (SSSR count). The van der Waals surface area contributed by atoms with Crippen molar-refractivity contribution in [3.05, 3.63) is 18.1 Å². The molecular formula is C6H6N2O. The molecule has 1 aliphatic rings. The van der Waals surface area contributed by atoms with Gasteiger partial charge in [0.1, 0.15) is 5.69 Å². The Bertz CT molecular complexity index is 201. The average Bonchev–Trinajstić information content (AvgIpc) is 2.33. The molecule has 0 aromatic carbocycles. The summed E-state index contributed by atoms with van der Waals surface area (Å²) in [4.78, 5) is 8.05. The minimum atomic E-state index is 0.706. The van der Waals surface area contributed by atoms with Crippen LogP contribution in [0.2, 0.25) is 0 Å². The van der Waals surface area contributed by atoms with Gasteiger partial charge in [0.25, 0.3) is 0 Å². The molecule has 0 atom stereocenters. The Morgan fingerprint density at radius 3 is 3.11 bits per heavy atom. The van der Waals surface area contributed by atoms with Gasteiger partial charge in [0.05, 0.1) is 6.61 Å². The second kappa shape index (κ2) is 1.69. The molecule has 0 saturated heterocycles.